The van der Waals surface area contributed by atoms with Crippen molar-refractivity contribution in [2.45, 2.75) is 10.8 Å². The van der Waals surface area contributed by atoms with Crippen LogP contribution in [0.1, 0.15) is 17.0 Å². The van der Waals surface area contributed by atoms with Gasteiger partial charge in [0, 0.05) is 19.0 Å². The number of nitriles is 1. The maximum Gasteiger partial charge on any atom is 0.244 e. The molecule has 111 valence electrons. The summed E-state index contributed by atoms with van der Waals surface area (Å²) in [5.41, 5.74) is 1.29. The molecule has 4 nitrogen and oxygen atoms in total. The summed E-state index contributed by atoms with van der Waals surface area (Å²) in [5, 5.41) is 9.11. The summed E-state index contributed by atoms with van der Waals surface area (Å²) in [4.78, 5) is 0.0830. The Morgan fingerprint density at radius 1 is 1.05 bits per heavy atom. The molecule has 1 atom stereocenters. The zero-order chi connectivity index (χ0) is 15.6. The van der Waals surface area contributed by atoms with Crippen LogP contribution in [-0.4, -0.2) is 25.8 Å². The van der Waals surface area contributed by atoms with Crippen LogP contribution in [0.2, 0.25) is 0 Å². The van der Waals surface area contributed by atoms with Crippen LogP contribution in [0.25, 0.3) is 0 Å². The minimum Gasteiger partial charge on any atom is -0.207 e. The summed E-state index contributed by atoms with van der Waals surface area (Å²) >= 11 is 0. The lowest BCUT2D eigenvalue weighted by Crippen LogP contribution is -2.29. The first kappa shape index (κ1) is 14.8. The highest BCUT2D eigenvalue weighted by atomic mass is 32.2. The third-order valence-electron chi connectivity index (χ3n) is 3.85. The number of sulfonamides is 1. The standard InChI is InChI=1S/C17H15N2O2S/c18-12-15-8-4-5-9-17(15)22(20,21)19-11-10-16(13-19)14-6-2-1-3-7-14/h1-10,16H,11,13H2. The molecule has 1 unspecified atom stereocenters. The molecule has 3 rings (SSSR count). The third-order valence-corrected chi connectivity index (χ3v) is 5.74. The van der Waals surface area contributed by atoms with Gasteiger partial charge < -0.3 is 0 Å². The smallest absolute Gasteiger partial charge is 0.207 e. The summed E-state index contributed by atoms with van der Waals surface area (Å²) in [6.45, 7) is 0.772. The van der Waals surface area contributed by atoms with E-state index >= 15 is 0 Å². The van der Waals surface area contributed by atoms with Crippen molar-refractivity contribution >= 4 is 10.0 Å². The number of rotatable bonds is 3. The van der Waals surface area contributed by atoms with E-state index in [-0.39, 0.29) is 16.4 Å². The molecule has 2 aromatic carbocycles. The van der Waals surface area contributed by atoms with Gasteiger partial charge in [0.15, 0.2) is 0 Å². The van der Waals surface area contributed by atoms with Crippen LogP contribution in [0.5, 0.6) is 0 Å². The largest absolute Gasteiger partial charge is 0.244 e. The molecule has 5 heteroatoms. The summed E-state index contributed by atoms with van der Waals surface area (Å²) in [6, 6.07) is 18.1. The lowest BCUT2D eigenvalue weighted by Gasteiger charge is -2.17. The van der Waals surface area contributed by atoms with Crippen LogP contribution in [0.4, 0.5) is 0 Å². The summed E-state index contributed by atoms with van der Waals surface area (Å²) in [7, 11) is -3.64. The van der Waals surface area contributed by atoms with Crippen molar-refractivity contribution in [2.75, 3.05) is 13.1 Å². The van der Waals surface area contributed by atoms with E-state index in [4.69, 9.17) is 5.26 Å². The van der Waals surface area contributed by atoms with Crippen LogP contribution in [0, 0.1) is 17.8 Å². The normalized spacial score (nSPS) is 19.0. The van der Waals surface area contributed by atoms with Gasteiger partial charge in [0.05, 0.1) is 10.5 Å². The summed E-state index contributed by atoms with van der Waals surface area (Å²) in [6.07, 6.45) is 2.00. The van der Waals surface area contributed by atoms with Crippen LogP contribution in [-0.2, 0) is 10.0 Å². The Morgan fingerprint density at radius 2 is 1.73 bits per heavy atom. The highest BCUT2D eigenvalue weighted by molar-refractivity contribution is 7.89. The quantitative estimate of drug-likeness (QED) is 0.875. The molecule has 1 heterocycles. The molecule has 1 aliphatic heterocycles. The minimum atomic E-state index is -3.64. The molecule has 0 saturated carbocycles. The molecule has 0 aromatic heterocycles. The van der Waals surface area contributed by atoms with E-state index in [9.17, 15) is 8.42 Å². The average molecular weight is 311 g/mol. The van der Waals surface area contributed by atoms with E-state index < -0.39 is 10.0 Å². The third kappa shape index (κ3) is 2.63. The minimum absolute atomic E-state index is 0.0830. The van der Waals surface area contributed by atoms with E-state index in [2.05, 4.69) is 0 Å². The first-order valence-electron chi connectivity index (χ1n) is 7.00. The van der Waals surface area contributed by atoms with E-state index in [0.29, 0.717) is 13.1 Å². The molecule has 0 amide bonds. The fraction of sp³-hybridized carbons (Fsp3) is 0.176. The molecule has 1 aliphatic rings. The molecule has 1 fully saturated rings. The lowest BCUT2D eigenvalue weighted by atomic mass is 9.99. The van der Waals surface area contributed by atoms with Crippen LogP contribution < -0.4 is 0 Å². The lowest BCUT2D eigenvalue weighted by molar-refractivity contribution is 0.474. The number of benzene rings is 2. The van der Waals surface area contributed by atoms with Crippen molar-refractivity contribution in [1.29, 1.82) is 5.26 Å². The van der Waals surface area contributed by atoms with Gasteiger partial charge in [-0.1, -0.05) is 42.5 Å². The van der Waals surface area contributed by atoms with Gasteiger partial charge >= 0.3 is 0 Å². The zero-order valence-electron chi connectivity index (χ0n) is 11.9. The molecule has 1 radical (unpaired) electrons. The Kier molecular flexibility index (Phi) is 3.97. The zero-order valence-corrected chi connectivity index (χ0v) is 12.7. The van der Waals surface area contributed by atoms with Crippen molar-refractivity contribution in [3.05, 3.63) is 72.1 Å². The molecular weight excluding hydrogens is 296 g/mol. The monoisotopic (exact) mass is 311 g/mol. The van der Waals surface area contributed by atoms with Crippen LogP contribution in [0.3, 0.4) is 0 Å². The molecule has 2 aromatic rings. The fourth-order valence-corrected chi connectivity index (χ4v) is 4.23. The first-order valence-corrected chi connectivity index (χ1v) is 8.44. The summed E-state index contributed by atoms with van der Waals surface area (Å²) < 4.78 is 26.9. The number of hydrogen-bond acceptors (Lipinski definition) is 3. The van der Waals surface area contributed by atoms with Crippen molar-refractivity contribution in [1.82, 2.24) is 4.31 Å². The SMILES string of the molecule is N#Cc1ccccc1S(=O)(=O)N1C[CH]C(c2ccccc2)C1. The molecule has 0 aliphatic carbocycles. The van der Waals surface area contributed by atoms with E-state index in [1.807, 2.05) is 42.8 Å². The second kappa shape index (κ2) is 5.91. The van der Waals surface area contributed by atoms with Gasteiger partial charge in [-0.15, -0.1) is 0 Å². The maximum absolute atomic E-state index is 12.7. The van der Waals surface area contributed by atoms with Gasteiger partial charge in [0.1, 0.15) is 6.07 Å². The van der Waals surface area contributed by atoms with E-state index in [1.165, 1.54) is 16.4 Å². The number of nitrogens with zero attached hydrogens (tertiary/aromatic N) is 2. The molecular formula is C17H15N2O2S. The van der Waals surface area contributed by atoms with Crippen LogP contribution in [0.15, 0.2) is 59.5 Å². The van der Waals surface area contributed by atoms with Crippen molar-refractivity contribution in [2.24, 2.45) is 0 Å². The molecule has 0 spiro atoms. The Labute approximate surface area is 130 Å². The Balaban J connectivity index is 1.88. The maximum atomic E-state index is 12.7. The highest BCUT2D eigenvalue weighted by Crippen LogP contribution is 2.31. The Bertz CT molecular complexity index is 810. The Morgan fingerprint density at radius 3 is 2.45 bits per heavy atom. The fourth-order valence-electron chi connectivity index (χ4n) is 2.67. The second-order valence-electron chi connectivity index (χ2n) is 5.18. The van der Waals surface area contributed by atoms with Crippen molar-refractivity contribution < 1.29 is 8.42 Å². The highest BCUT2D eigenvalue weighted by Gasteiger charge is 2.34. The van der Waals surface area contributed by atoms with Gasteiger partial charge in [-0.3, -0.25) is 0 Å². The molecule has 0 N–H and O–H groups in total. The van der Waals surface area contributed by atoms with Gasteiger partial charge in [-0.25, -0.2) is 8.42 Å². The van der Waals surface area contributed by atoms with Crippen LogP contribution >= 0.6 is 0 Å². The summed E-state index contributed by atoms with van der Waals surface area (Å²) in [5.74, 6) is 0.0882. The topological polar surface area (TPSA) is 61.2 Å². The van der Waals surface area contributed by atoms with E-state index in [0.717, 1.165) is 5.56 Å². The average Bonchev–Trinajstić information content (AvgIpc) is 3.06. The molecule has 0 bridgehead atoms. The first-order chi connectivity index (χ1) is 10.6. The molecule has 22 heavy (non-hydrogen) atoms. The number of hydrogen-bond donors (Lipinski definition) is 0. The van der Waals surface area contributed by atoms with Gasteiger partial charge in [-0.2, -0.15) is 9.57 Å². The second-order valence-corrected chi connectivity index (χ2v) is 7.09. The Hall–Kier alpha value is -2.16. The van der Waals surface area contributed by atoms with E-state index in [1.54, 1.807) is 12.1 Å². The van der Waals surface area contributed by atoms with Gasteiger partial charge in [0.25, 0.3) is 0 Å². The predicted octanol–water partition coefficient (Wildman–Crippen LogP) is 2.55. The predicted molar refractivity (Wildman–Crippen MR) is 83.4 cm³/mol. The van der Waals surface area contributed by atoms with Gasteiger partial charge in [0.2, 0.25) is 10.0 Å². The van der Waals surface area contributed by atoms with Crippen molar-refractivity contribution in [3.63, 3.8) is 0 Å². The van der Waals surface area contributed by atoms with Crippen molar-refractivity contribution in [3.8, 4) is 6.07 Å². The van der Waals surface area contributed by atoms with Gasteiger partial charge in [-0.05, 0) is 24.1 Å². The molecule has 1 saturated heterocycles.